The van der Waals surface area contributed by atoms with Crippen molar-refractivity contribution in [3.63, 3.8) is 0 Å². The van der Waals surface area contributed by atoms with Gasteiger partial charge in [0.15, 0.2) is 0 Å². The Morgan fingerprint density at radius 1 is 1.32 bits per heavy atom. The van der Waals surface area contributed by atoms with Gasteiger partial charge in [-0.3, -0.25) is 4.55 Å². The molecule has 0 aliphatic rings. The van der Waals surface area contributed by atoms with Crippen molar-refractivity contribution < 1.29 is 13.0 Å². The first-order chi connectivity index (χ1) is 8.75. The Balaban J connectivity index is 2.79. The lowest BCUT2D eigenvalue weighted by Crippen LogP contribution is -2.09. The molecule has 0 radical (unpaired) electrons. The summed E-state index contributed by atoms with van der Waals surface area (Å²) in [5, 5.41) is 3.10. The van der Waals surface area contributed by atoms with E-state index in [1.807, 2.05) is 13.8 Å². The maximum absolute atomic E-state index is 10.9. The first-order valence-electron chi connectivity index (χ1n) is 5.96. The van der Waals surface area contributed by atoms with E-state index < -0.39 is 10.1 Å². The third-order valence-electron chi connectivity index (χ3n) is 3.05. The molecule has 1 atom stereocenters. The zero-order chi connectivity index (χ0) is 14.6. The van der Waals surface area contributed by atoms with Crippen LogP contribution in [0.3, 0.4) is 0 Å². The molecule has 0 aliphatic heterocycles. The van der Waals surface area contributed by atoms with Gasteiger partial charge in [-0.1, -0.05) is 32.6 Å². The van der Waals surface area contributed by atoms with E-state index in [1.165, 1.54) is 12.1 Å². The van der Waals surface area contributed by atoms with E-state index in [2.05, 4.69) is 18.5 Å². The highest BCUT2D eigenvalue weighted by atomic mass is 32.2. The summed E-state index contributed by atoms with van der Waals surface area (Å²) in [5.41, 5.74) is 2.59. The van der Waals surface area contributed by atoms with Crippen LogP contribution in [0.25, 0.3) is 0 Å². The second-order valence-corrected chi connectivity index (χ2v) is 5.80. The number of allylic oxidation sites excluding steroid dienone is 1. The van der Waals surface area contributed by atoms with E-state index in [4.69, 9.17) is 4.55 Å². The van der Waals surface area contributed by atoms with Crippen molar-refractivity contribution in [3.05, 3.63) is 48.7 Å². The lowest BCUT2D eigenvalue weighted by molar-refractivity contribution is 0.483. The Hall–Kier alpha value is -1.59. The topological polar surface area (TPSA) is 66.4 Å². The summed E-state index contributed by atoms with van der Waals surface area (Å²) >= 11 is 0. The van der Waals surface area contributed by atoms with Crippen LogP contribution in [-0.2, 0) is 10.1 Å². The summed E-state index contributed by atoms with van der Waals surface area (Å²) in [7, 11) is -4.15. The predicted octanol–water partition coefficient (Wildman–Crippen LogP) is 3.46. The molecule has 19 heavy (non-hydrogen) atoms. The first-order valence-corrected chi connectivity index (χ1v) is 7.40. The van der Waals surface area contributed by atoms with Crippen LogP contribution in [0.15, 0.2) is 53.6 Å². The van der Waals surface area contributed by atoms with Crippen LogP contribution in [-0.4, -0.2) is 13.0 Å². The minimum Gasteiger partial charge on any atom is -0.359 e. The molecule has 2 N–H and O–H groups in total. The third-order valence-corrected chi connectivity index (χ3v) is 3.91. The molecule has 1 aromatic carbocycles. The van der Waals surface area contributed by atoms with Crippen LogP contribution < -0.4 is 5.32 Å². The van der Waals surface area contributed by atoms with E-state index in [9.17, 15) is 8.42 Å². The second kappa shape index (κ2) is 6.04. The van der Waals surface area contributed by atoms with Crippen molar-refractivity contribution >= 4 is 15.8 Å². The largest absolute Gasteiger partial charge is 0.359 e. The van der Waals surface area contributed by atoms with Gasteiger partial charge in [-0.2, -0.15) is 8.42 Å². The monoisotopic (exact) mass is 281 g/mol. The molecule has 0 saturated heterocycles. The minimum atomic E-state index is -4.15. The second-order valence-electron chi connectivity index (χ2n) is 4.38. The van der Waals surface area contributed by atoms with Crippen molar-refractivity contribution in [1.82, 2.24) is 0 Å². The molecule has 0 heterocycles. The summed E-state index contributed by atoms with van der Waals surface area (Å²) in [5.74, 6) is 0.131. The number of nitrogens with one attached hydrogen (secondary N) is 1. The van der Waals surface area contributed by atoms with Gasteiger partial charge in [0.1, 0.15) is 0 Å². The van der Waals surface area contributed by atoms with Gasteiger partial charge in [0.05, 0.1) is 4.90 Å². The molecule has 0 aliphatic carbocycles. The molecule has 5 heteroatoms. The summed E-state index contributed by atoms with van der Waals surface area (Å²) in [4.78, 5) is -0.130. The average Bonchev–Trinajstić information content (AvgIpc) is 2.36. The number of rotatable bonds is 6. The van der Waals surface area contributed by atoms with Crippen molar-refractivity contribution in [2.24, 2.45) is 5.92 Å². The summed E-state index contributed by atoms with van der Waals surface area (Å²) in [6.07, 6.45) is 0.879. The van der Waals surface area contributed by atoms with Gasteiger partial charge in [-0.25, -0.2) is 0 Å². The van der Waals surface area contributed by atoms with Crippen LogP contribution in [0.5, 0.6) is 0 Å². The maximum Gasteiger partial charge on any atom is 0.294 e. The Morgan fingerprint density at radius 3 is 2.26 bits per heavy atom. The van der Waals surface area contributed by atoms with Gasteiger partial charge in [0.25, 0.3) is 10.1 Å². The summed E-state index contributed by atoms with van der Waals surface area (Å²) in [6, 6.07) is 5.83. The number of hydrogen-bond donors (Lipinski definition) is 2. The van der Waals surface area contributed by atoms with E-state index in [-0.39, 0.29) is 10.8 Å². The third kappa shape index (κ3) is 4.22. The lowest BCUT2D eigenvalue weighted by Gasteiger charge is -2.18. The number of hydrogen-bond acceptors (Lipinski definition) is 3. The molecule has 0 amide bonds. The van der Waals surface area contributed by atoms with Gasteiger partial charge < -0.3 is 5.32 Å². The van der Waals surface area contributed by atoms with Gasteiger partial charge >= 0.3 is 0 Å². The standard InChI is InChI=1S/C14H19NO3S/c1-5-10(2)11(3)12(4)15-13-6-8-14(9-7-13)19(16,17)18/h6-9,11,15H,2,4-5H2,1,3H3,(H,16,17,18). The molecule has 0 bridgehead atoms. The van der Waals surface area contributed by atoms with Crippen LogP contribution >= 0.6 is 0 Å². The van der Waals surface area contributed by atoms with Crippen LogP contribution in [0.2, 0.25) is 0 Å². The fourth-order valence-electron chi connectivity index (χ4n) is 1.56. The molecular weight excluding hydrogens is 262 g/mol. The molecule has 0 spiro atoms. The summed E-state index contributed by atoms with van der Waals surface area (Å²) in [6.45, 7) is 12.0. The maximum atomic E-state index is 10.9. The molecule has 4 nitrogen and oxygen atoms in total. The molecule has 104 valence electrons. The minimum absolute atomic E-state index is 0.130. The Kier molecular flexibility index (Phi) is 4.91. The lowest BCUT2D eigenvalue weighted by atomic mass is 9.97. The van der Waals surface area contributed by atoms with Crippen LogP contribution in [0.4, 0.5) is 5.69 Å². The molecule has 1 rings (SSSR count). The molecular formula is C14H19NO3S. The average molecular weight is 281 g/mol. The predicted molar refractivity (Wildman–Crippen MR) is 77.6 cm³/mol. The molecule has 1 unspecified atom stereocenters. The normalized spacial score (nSPS) is 12.8. The quantitative estimate of drug-likeness (QED) is 0.619. The van der Waals surface area contributed by atoms with Crippen LogP contribution in [0, 0.1) is 5.92 Å². The van der Waals surface area contributed by atoms with E-state index >= 15 is 0 Å². The fourth-order valence-corrected chi connectivity index (χ4v) is 2.04. The zero-order valence-electron chi connectivity index (χ0n) is 11.2. The Bertz CT molecular complexity index is 573. The highest BCUT2D eigenvalue weighted by Crippen LogP contribution is 2.22. The number of benzene rings is 1. The molecule has 0 saturated carbocycles. The van der Waals surface area contributed by atoms with Crippen LogP contribution in [0.1, 0.15) is 20.3 Å². The summed E-state index contributed by atoms with van der Waals surface area (Å²) < 4.78 is 30.7. The van der Waals surface area contributed by atoms with E-state index in [0.717, 1.165) is 17.7 Å². The Morgan fingerprint density at radius 2 is 1.84 bits per heavy atom. The zero-order valence-corrected chi connectivity index (χ0v) is 12.0. The Labute approximate surface area is 114 Å². The van der Waals surface area contributed by atoms with Gasteiger partial charge in [0, 0.05) is 17.3 Å². The SMILES string of the molecule is C=C(CC)C(C)C(=C)Nc1ccc(S(=O)(=O)O)cc1. The van der Waals surface area contributed by atoms with Crippen molar-refractivity contribution in [2.75, 3.05) is 5.32 Å². The highest BCUT2D eigenvalue weighted by Gasteiger charge is 2.11. The van der Waals surface area contributed by atoms with Crippen molar-refractivity contribution in [2.45, 2.75) is 25.2 Å². The van der Waals surface area contributed by atoms with E-state index in [0.29, 0.717) is 5.69 Å². The van der Waals surface area contributed by atoms with Gasteiger partial charge in [0.2, 0.25) is 0 Å². The number of anilines is 1. The first kappa shape index (κ1) is 15.5. The van der Waals surface area contributed by atoms with Gasteiger partial charge in [-0.15, -0.1) is 0 Å². The fraction of sp³-hybridized carbons (Fsp3) is 0.286. The molecule has 0 fully saturated rings. The highest BCUT2D eigenvalue weighted by molar-refractivity contribution is 7.85. The van der Waals surface area contributed by atoms with Crippen molar-refractivity contribution in [3.8, 4) is 0 Å². The van der Waals surface area contributed by atoms with Crippen molar-refractivity contribution in [1.29, 1.82) is 0 Å². The van der Waals surface area contributed by atoms with Gasteiger partial charge in [-0.05, 0) is 30.7 Å². The molecule has 1 aromatic rings. The molecule has 0 aromatic heterocycles. The smallest absolute Gasteiger partial charge is 0.294 e. The van der Waals surface area contributed by atoms with E-state index in [1.54, 1.807) is 12.1 Å².